The van der Waals surface area contributed by atoms with E-state index in [4.69, 9.17) is 28.9 Å². The van der Waals surface area contributed by atoms with Gasteiger partial charge in [0.25, 0.3) is 0 Å². The topological polar surface area (TPSA) is 138 Å². The van der Waals surface area contributed by atoms with Crippen molar-refractivity contribution in [1.82, 2.24) is 0 Å². The zero-order valence-corrected chi connectivity index (χ0v) is 35.1. The Morgan fingerprint density at radius 1 is 0.468 bits per heavy atom. The lowest BCUT2D eigenvalue weighted by Crippen LogP contribution is -2.13. The first-order valence-corrected chi connectivity index (χ1v) is 21.3. The van der Waals surface area contributed by atoms with Crippen LogP contribution in [0.15, 0.2) is 115 Å². The number of hydrogen-bond donors (Lipinski definition) is 0. The normalized spacial score (nSPS) is 10.7. The van der Waals surface area contributed by atoms with Gasteiger partial charge < -0.3 is 23.7 Å². The molecule has 62 heavy (non-hydrogen) atoms. The van der Waals surface area contributed by atoms with Crippen molar-refractivity contribution < 1.29 is 47.3 Å². The summed E-state index contributed by atoms with van der Waals surface area (Å²) in [6, 6.07) is 29.1. The molecule has 0 aliphatic heterocycles. The average Bonchev–Trinajstić information content (AvgIpc) is 3.29. The van der Waals surface area contributed by atoms with E-state index in [0.717, 1.165) is 25.0 Å². The fourth-order valence-corrected chi connectivity index (χ4v) is 6.48. The van der Waals surface area contributed by atoms with Crippen LogP contribution in [0.5, 0.6) is 28.7 Å². The molecule has 0 heterocycles. The Morgan fingerprint density at radius 2 is 0.903 bits per heavy atom. The van der Waals surface area contributed by atoms with Gasteiger partial charge in [-0.1, -0.05) is 96.5 Å². The molecule has 11 heteroatoms. The number of unbranched alkanes of at least 4 members (excludes halogenated alkanes) is 13. The summed E-state index contributed by atoms with van der Waals surface area (Å²) >= 11 is 0. The second-order valence-corrected chi connectivity index (χ2v) is 14.9. The number of esters is 4. The number of carbonyl (C=O) groups is 4. The monoisotopic (exact) mass is 841 g/mol. The molecule has 0 fully saturated rings. The standard InChI is InChI=1S/C51H52FNO9/c1-2-3-4-5-6-7-8-9-10-11-12-13-14-15-33-58-42-28-21-39(22-29-42)49(55)62-47-32-25-41(35-46(47)52)51(57)61-45-18-16-17-40(34-45)50(56)60-44-30-23-38(24-31-44)48(54)59-43-26-19-37(36-53)20-27-43/h16-32,34-35H,2-15,33H2,1H3. The highest BCUT2D eigenvalue weighted by atomic mass is 19.1. The Hall–Kier alpha value is -6.80. The number of ether oxygens (including phenoxy) is 5. The summed E-state index contributed by atoms with van der Waals surface area (Å²) in [6.45, 7) is 2.84. The van der Waals surface area contributed by atoms with Crippen LogP contribution >= 0.6 is 0 Å². The van der Waals surface area contributed by atoms with E-state index in [-0.39, 0.29) is 45.3 Å². The van der Waals surface area contributed by atoms with Crippen molar-refractivity contribution in [3.63, 3.8) is 0 Å². The summed E-state index contributed by atoms with van der Waals surface area (Å²) in [7, 11) is 0. The van der Waals surface area contributed by atoms with E-state index < -0.39 is 29.7 Å². The number of rotatable bonds is 24. The number of nitrogens with zero attached hydrogens (tertiary/aromatic N) is 1. The highest BCUT2D eigenvalue weighted by molar-refractivity contribution is 5.95. The third-order valence-corrected chi connectivity index (χ3v) is 10.0. The smallest absolute Gasteiger partial charge is 0.343 e. The first kappa shape index (κ1) is 46.3. The third-order valence-electron chi connectivity index (χ3n) is 10.0. The van der Waals surface area contributed by atoms with Crippen LogP contribution in [0.2, 0.25) is 0 Å². The van der Waals surface area contributed by atoms with Gasteiger partial charge in [-0.15, -0.1) is 0 Å². The van der Waals surface area contributed by atoms with E-state index in [1.807, 2.05) is 6.07 Å². The van der Waals surface area contributed by atoms with E-state index in [2.05, 4.69) is 6.92 Å². The van der Waals surface area contributed by atoms with Gasteiger partial charge in [-0.2, -0.15) is 5.26 Å². The molecule has 322 valence electrons. The summed E-state index contributed by atoms with van der Waals surface area (Å²) in [6.07, 6.45) is 18.0. The van der Waals surface area contributed by atoms with Gasteiger partial charge in [-0.3, -0.25) is 0 Å². The molecule has 0 spiro atoms. The molecule has 0 saturated heterocycles. The van der Waals surface area contributed by atoms with Gasteiger partial charge in [0.1, 0.15) is 23.0 Å². The summed E-state index contributed by atoms with van der Waals surface area (Å²) in [4.78, 5) is 51.1. The molecule has 0 aliphatic carbocycles. The summed E-state index contributed by atoms with van der Waals surface area (Å²) in [5.41, 5.74) is 0.723. The zero-order valence-electron chi connectivity index (χ0n) is 35.1. The number of benzene rings is 5. The van der Waals surface area contributed by atoms with Crippen LogP contribution in [0.1, 0.15) is 144 Å². The van der Waals surface area contributed by atoms with Gasteiger partial charge in [0.05, 0.1) is 40.5 Å². The van der Waals surface area contributed by atoms with E-state index in [1.54, 1.807) is 24.3 Å². The van der Waals surface area contributed by atoms with Crippen LogP contribution in [0, 0.1) is 17.1 Å². The Balaban J connectivity index is 1.00. The van der Waals surface area contributed by atoms with Gasteiger partial charge in [-0.05, 0) is 116 Å². The minimum Gasteiger partial charge on any atom is -0.494 e. The molecule has 5 aromatic rings. The van der Waals surface area contributed by atoms with E-state index in [9.17, 15) is 19.2 Å². The third kappa shape index (κ3) is 15.3. The van der Waals surface area contributed by atoms with Crippen LogP contribution in [-0.2, 0) is 0 Å². The maximum Gasteiger partial charge on any atom is 0.343 e. The van der Waals surface area contributed by atoms with Crippen molar-refractivity contribution in [2.75, 3.05) is 6.61 Å². The Morgan fingerprint density at radius 3 is 1.44 bits per heavy atom. The molecule has 0 N–H and O–H groups in total. The predicted molar refractivity (Wildman–Crippen MR) is 233 cm³/mol. The van der Waals surface area contributed by atoms with Crippen molar-refractivity contribution >= 4 is 23.9 Å². The molecule has 0 bridgehead atoms. The maximum atomic E-state index is 15.0. The number of halogens is 1. The SMILES string of the molecule is CCCCCCCCCCCCCCCCOc1ccc(C(=O)Oc2ccc(C(=O)Oc3cccc(C(=O)Oc4ccc(C(=O)Oc5ccc(C#N)cc5)cc4)c3)cc2F)cc1. The minimum absolute atomic E-state index is 0.00623. The Kier molecular flexibility index (Phi) is 18.7. The quantitative estimate of drug-likeness (QED) is 0.0335. The van der Waals surface area contributed by atoms with Crippen molar-refractivity contribution in [3.05, 3.63) is 149 Å². The van der Waals surface area contributed by atoms with Gasteiger partial charge in [0.15, 0.2) is 11.6 Å². The molecule has 0 radical (unpaired) electrons. The molecule has 0 saturated carbocycles. The lowest BCUT2D eigenvalue weighted by Gasteiger charge is -2.10. The van der Waals surface area contributed by atoms with Gasteiger partial charge in [0.2, 0.25) is 0 Å². The average molecular weight is 842 g/mol. The fraction of sp³-hybridized carbons (Fsp3) is 0.314. The first-order valence-electron chi connectivity index (χ1n) is 21.3. The summed E-state index contributed by atoms with van der Waals surface area (Å²) in [5.74, 6) is -3.40. The van der Waals surface area contributed by atoms with Gasteiger partial charge in [-0.25, -0.2) is 23.6 Å². The van der Waals surface area contributed by atoms with Crippen molar-refractivity contribution in [2.45, 2.75) is 96.8 Å². The van der Waals surface area contributed by atoms with Crippen molar-refractivity contribution in [2.24, 2.45) is 0 Å². The molecule has 0 aromatic heterocycles. The molecule has 5 rings (SSSR count). The summed E-state index contributed by atoms with van der Waals surface area (Å²) in [5, 5.41) is 8.92. The molecule has 10 nitrogen and oxygen atoms in total. The minimum atomic E-state index is -0.952. The van der Waals surface area contributed by atoms with Crippen LogP contribution in [-0.4, -0.2) is 30.5 Å². The highest BCUT2D eigenvalue weighted by Gasteiger charge is 2.18. The van der Waals surface area contributed by atoms with Crippen LogP contribution in [0.4, 0.5) is 4.39 Å². The van der Waals surface area contributed by atoms with E-state index in [0.29, 0.717) is 17.9 Å². The van der Waals surface area contributed by atoms with Crippen LogP contribution in [0.25, 0.3) is 0 Å². The largest absolute Gasteiger partial charge is 0.494 e. The first-order chi connectivity index (χ1) is 30.2. The molecule has 0 unspecified atom stereocenters. The predicted octanol–water partition coefficient (Wildman–Crippen LogP) is 12.4. The highest BCUT2D eigenvalue weighted by Crippen LogP contribution is 2.24. The van der Waals surface area contributed by atoms with Crippen molar-refractivity contribution in [1.29, 1.82) is 5.26 Å². The number of carbonyl (C=O) groups excluding carboxylic acids is 4. The molecule has 0 aliphatic rings. The molecular formula is C51H52FNO9. The number of hydrogen-bond acceptors (Lipinski definition) is 10. The fourth-order valence-electron chi connectivity index (χ4n) is 6.48. The van der Waals surface area contributed by atoms with Gasteiger partial charge >= 0.3 is 23.9 Å². The molecule has 0 amide bonds. The maximum absolute atomic E-state index is 15.0. The lowest BCUT2D eigenvalue weighted by atomic mass is 10.0. The number of nitriles is 1. The molecule has 5 aromatic carbocycles. The molecule has 0 atom stereocenters. The lowest BCUT2D eigenvalue weighted by molar-refractivity contribution is 0.0711. The molecular weight excluding hydrogens is 790 g/mol. The second-order valence-electron chi connectivity index (χ2n) is 14.9. The van der Waals surface area contributed by atoms with Crippen LogP contribution < -0.4 is 23.7 Å². The van der Waals surface area contributed by atoms with E-state index >= 15 is 4.39 Å². The zero-order chi connectivity index (χ0) is 43.9. The van der Waals surface area contributed by atoms with Gasteiger partial charge in [0, 0.05) is 0 Å². The summed E-state index contributed by atoms with van der Waals surface area (Å²) < 4.78 is 42.2. The Labute approximate surface area is 362 Å². The second kappa shape index (κ2) is 25.1. The van der Waals surface area contributed by atoms with E-state index in [1.165, 1.54) is 156 Å². The van der Waals surface area contributed by atoms with Crippen LogP contribution in [0.3, 0.4) is 0 Å². The van der Waals surface area contributed by atoms with Crippen molar-refractivity contribution in [3.8, 4) is 34.8 Å². The Bertz CT molecular complexity index is 2270.